The summed E-state index contributed by atoms with van der Waals surface area (Å²) in [6.45, 7) is 4.49. The van der Waals surface area contributed by atoms with Crippen LogP contribution >= 0.6 is 0 Å². The quantitative estimate of drug-likeness (QED) is 0.0340. The average molecular weight is 662 g/mol. The molecule has 49 heavy (non-hydrogen) atoms. The highest BCUT2D eigenvalue weighted by Crippen LogP contribution is 2.35. The molecule has 4 nitrogen and oxygen atoms in total. The summed E-state index contributed by atoms with van der Waals surface area (Å²) in [6, 6.07) is 28.5. The number of phenolic OH excluding ortho intramolecular Hbond substituents is 2. The van der Waals surface area contributed by atoms with Crippen molar-refractivity contribution < 1.29 is 15.4 Å². The van der Waals surface area contributed by atoms with Crippen molar-refractivity contribution >= 4 is 5.71 Å². The third-order valence-electron chi connectivity index (χ3n) is 9.72. The van der Waals surface area contributed by atoms with Crippen LogP contribution < -0.4 is 0 Å². The molecule has 3 N–H and O–H groups in total. The molecule has 0 heterocycles. The van der Waals surface area contributed by atoms with Gasteiger partial charge in [0.1, 0.15) is 17.2 Å². The van der Waals surface area contributed by atoms with Gasteiger partial charge in [0.25, 0.3) is 0 Å². The third-order valence-corrected chi connectivity index (χ3v) is 9.72. The first-order valence-corrected chi connectivity index (χ1v) is 19.0. The van der Waals surface area contributed by atoms with Crippen LogP contribution in [0.2, 0.25) is 0 Å². The van der Waals surface area contributed by atoms with Gasteiger partial charge in [-0.25, -0.2) is 0 Å². The fourth-order valence-corrected chi connectivity index (χ4v) is 6.90. The number of benzene rings is 4. The van der Waals surface area contributed by atoms with Gasteiger partial charge in [-0.3, -0.25) is 0 Å². The van der Waals surface area contributed by atoms with Gasteiger partial charge < -0.3 is 15.4 Å². The molecule has 0 saturated carbocycles. The minimum atomic E-state index is 0.0986. The molecule has 0 aliphatic carbocycles. The molecule has 0 aliphatic heterocycles. The van der Waals surface area contributed by atoms with Crippen LogP contribution in [0.1, 0.15) is 148 Å². The molecule has 0 fully saturated rings. The molecular weight excluding hydrogens is 602 g/mol. The lowest BCUT2D eigenvalue weighted by Gasteiger charge is -2.18. The third kappa shape index (κ3) is 12.1. The van der Waals surface area contributed by atoms with Crippen LogP contribution in [0.4, 0.5) is 0 Å². The average Bonchev–Trinajstić information content (AvgIpc) is 3.12. The lowest BCUT2D eigenvalue weighted by atomic mass is 9.89. The molecule has 0 amide bonds. The summed E-state index contributed by atoms with van der Waals surface area (Å²) in [5, 5.41) is 38.0. The summed E-state index contributed by atoms with van der Waals surface area (Å²) in [7, 11) is 0. The van der Waals surface area contributed by atoms with Gasteiger partial charge in [0, 0.05) is 24.0 Å². The smallest absolute Gasteiger partial charge is 0.128 e. The number of aromatic hydroxyl groups is 2. The second kappa shape index (κ2) is 21.1. The molecule has 0 aromatic heterocycles. The Balaban J connectivity index is 1.67. The molecule has 0 radical (unpaired) electrons. The zero-order valence-corrected chi connectivity index (χ0v) is 30.1. The van der Waals surface area contributed by atoms with Crippen LogP contribution in [0.5, 0.6) is 11.5 Å². The fraction of sp³-hybridized carbons (Fsp3) is 0.444. The first-order chi connectivity index (χ1) is 24.0. The van der Waals surface area contributed by atoms with Crippen molar-refractivity contribution in [1.82, 2.24) is 0 Å². The van der Waals surface area contributed by atoms with Crippen LogP contribution in [0.25, 0.3) is 0 Å². The highest BCUT2D eigenvalue weighted by atomic mass is 16.4. The summed E-state index contributed by atoms with van der Waals surface area (Å²) in [5.74, 6) is 0.197. The summed E-state index contributed by atoms with van der Waals surface area (Å²) >= 11 is 0. The summed E-state index contributed by atoms with van der Waals surface area (Å²) in [4.78, 5) is 0. The topological polar surface area (TPSA) is 73.1 Å². The van der Waals surface area contributed by atoms with E-state index in [4.69, 9.17) is 0 Å². The molecule has 4 aromatic carbocycles. The molecule has 4 heteroatoms. The Morgan fingerprint density at radius 2 is 0.837 bits per heavy atom. The Labute approximate surface area is 295 Å². The van der Waals surface area contributed by atoms with Crippen LogP contribution in [0, 0.1) is 0 Å². The number of phenols is 2. The number of hydrogen-bond acceptors (Lipinski definition) is 4. The molecule has 4 aromatic rings. The zero-order chi connectivity index (χ0) is 34.7. The number of aryl methyl sites for hydroxylation is 2. The molecular formula is C45H59NO3. The van der Waals surface area contributed by atoms with E-state index in [1.807, 2.05) is 48.5 Å². The molecule has 0 atom stereocenters. The van der Waals surface area contributed by atoms with E-state index in [2.05, 4.69) is 55.4 Å². The van der Waals surface area contributed by atoms with E-state index in [0.29, 0.717) is 24.0 Å². The SMILES string of the molecule is CCCCCCCCCc1cc(Cc2ccccc2)c(O)c(C(=NO)c2cc(CCCCCCCCC)cc(Cc3ccccc3)c2O)c1. The predicted octanol–water partition coefficient (Wildman–Crippen LogP) is 12.1. The molecule has 0 saturated heterocycles. The highest BCUT2D eigenvalue weighted by Gasteiger charge is 2.22. The van der Waals surface area contributed by atoms with E-state index < -0.39 is 0 Å². The van der Waals surface area contributed by atoms with Gasteiger partial charge >= 0.3 is 0 Å². The summed E-state index contributed by atoms with van der Waals surface area (Å²) < 4.78 is 0. The Morgan fingerprint density at radius 3 is 1.20 bits per heavy atom. The lowest BCUT2D eigenvalue weighted by Crippen LogP contribution is -2.09. The highest BCUT2D eigenvalue weighted by molar-refractivity contribution is 6.16. The second-order valence-electron chi connectivity index (χ2n) is 13.8. The molecule has 0 bridgehead atoms. The number of rotatable bonds is 22. The molecule has 4 rings (SSSR count). The first-order valence-electron chi connectivity index (χ1n) is 19.0. The summed E-state index contributed by atoms with van der Waals surface area (Å²) in [5.41, 5.74) is 7.14. The molecule has 262 valence electrons. The number of unbranched alkanes of at least 4 members (excludes halogenated alkanes) is 12. The van der Waals surface area contributed by atoms with Crippen LogP contribution in [-0.2, 0) is 25.7 Å². The normalized spacial score (nSPS) is 11.1. The van der Waals surface area contributed by atoms with Crippen LogP contribution in [0.3, 0.4) is 0 Å². The van der Waals surface area contributed by atoms with E-state index in [1.54, 1.807) is 0 Å². The van der Waals surface area contributed by atoms with Gasteiger partial charge in [-0.1, -0.05) is 169 Å². The standard InChI is InChI=1S/C45H59NO3/c1-3-5-7-9-11-13-17-27-37-31-39(29-35-23-19-15-20-24-35)44(47)41(33-37)43(46-49)42-34-38(28-18-14-12-10-8-6-4-2)32-40(45(42)48)30-36-25-21-16-22-26-36/h15-16,19-26,31-34,47-49H,3-14,17-18,27-30H2,1-2H3. The first kappa shape index (κ1) is 37.8. The second-order valence-corrected chi connectivity index (χ2v) is 13.8. The van der Waals surface area contributed by atoms with Crippen molar-refractivity contribution in [3.63, 3.8) is 0 Å². The zero-order valence-electron chi connectivity index (χ0n) is 30.1. The maximum Gasteiger partial charge on any atom is 0.128 e. The largest absolute Gasteiger partial charge is 0.507 e. The predicted molar refractivity (Wildman–Crippen MR) is 206 cm³/mol. The van der Waals surface area contributed by atoms with E-state index >= 15 is 0 Å². The van der Waals surface area contributed by atoms with Crippen molar-refractivity contribution in [3.8, 4) is 11.5 Å². The molecule has 0 aliphatic rings. The Kier molecular flexibility index (Phi) is 16.3. The van der Waals surface area contributed by atoms with Crippen molar-refractivity contribution in [1.29, 1.82) is 0 Å². The van der Waals surface area contributed by atoms with Crippen molar-refractivity contribution in [2.45, 2.75) is 129 Å². The minimum absolute atomic E-state index is 0.0986. The van der Waals surface area contributed by atoms with Gasteiger partial charge in [-0.2, -0.15) is 0 Å². The van der Waals surface area contributed by atoms with E-state index in [0.717, 1.165) is 59.1 Å². The van der Waals surface area contributed by atoms with Crippen LogP contribution in [0.15, 0.2) is 90.1 Å². The van der Waals surface area contributed by atoms with E-state index in [-0.39, 0.29) is 17.2 Å². The fourth-order valence-electron chi connectivity index (χ4n) is 6.90. The monoisotopic (exact) mass is 661 g/mol. The Bertz CT molecular complexity index is 1450. The molecule has 0 spiro atoms. The van der Waals surface area contributed by atoms with Gasteiger partial charge in [-0.15, -0.1) is 0 Å². The van der Waals surface area contributed by atoms with Crippen molar-refractivity contribution in [2.24, 2.45) is 5.16 Å². The summed E-state index contributed by atoms with van der Waals surface area (Å²) in [6.07, 6.45) is 20.0. The maximum atomic E-state index is 11.8. The van der Waals surface area contributed by atoms with Crippen molar-refractivity contribution in [3.05, 3.63) is 129 Å². The number of nitrogens with zero attached hydrogens (tertiary/aromatic N) is 1. The number of oxime groups is 1. The van der Waals surface area contributed by atoms with Crippen molar-refractivity contribution in [2.75, 3.05) is 0 Å². The Hall–Kier alpha value is -4.05. The maximum absolute atomic E-state index is 11.8. The lowest BCUT2D eigenvalue weighted by molar-refractivity contribution is 0.319. The van der Waals surface area contributed by atoms with E-state index in [9.17, 15) is 15.4 Å². The van der Waals surface area contributed by atoms with Gasteiger partial charge in [0.05, 0.1) is 0 Å². The number of hydrogen-bond donors (Lipinski definition) is 3. The minimum Gasteiger partial charge on any atom is -0.507 e. The van der Waals surface area contributed by atoms with E-state index in [1.165, 1.54) is 77.0 Å². The molecule has 0 unspecified atom stereocenters. The van der Waals surface area contributed by atoms with Gasteiger partial charge in [0.2, 0.25) is 0 Å². The Morgan fingerprint density at radius 1 is 0.469 bits per heavy atom. The van der Waals surface area contributed by atoms with Gasteiger partial charge in [-0.05, 0) is 71.2 Å². The van der Waals surface area contributed by atoms with Gasteiger partial charge in [0.15, 0.2) is 0 Å². The van der Waals surface area contributed by atoms with Crippen LogP contribution in [-0.4, -0.2) is 21.1 Å².